The standard InChI is InChI=1S/C12H24N2O/c1-5-9-6-7-14(8-9)11(15)10(13)12(2,3)4/h9-10H,5-8,13H2,1-4H3/t9?,10-/m0/s1. The van der Waals surface area contributed by atoms with Crippen molar-refractivity contribution in [1.29, 1.82) is 0 Å². The molecule has 2 N–H and O–H groups in total. The lowest BCUT2D eigenvalue weighted by molar-refractivity contribution is -0.134. The number of nitrogens with zero attached hydrogens (tertiary/aromatic N) is 1. The summed E-state index contributed by atoms with van der Waals surface area (Å²) in [5.74, 6) is 0.805. The quantitative estimate of drug-likeness (QED) is 0.756. The maximum atomic E-state index is 12.1. The number of hydrogen-bond donors (Lipinski definition) is 1. The minimum atomic E-state index is -0.367. The van der Waals surface area contributed by atoms with Gasteiger partial charge in [-0.25, -0.2) is 0 Å². The minimum Gasteiger partial charge on any atom is -0.341 e. The first kappa shape index (κ1) is 12.5. The molecule has 0 bridgehead atoms. The minimum absolute atomic E-state index is 0.124. The molecule has 0 radical (unpaired) electrons. The lowest BCUT2D eigenvalue weighted by Gasteiger charge is -2.29. The van der Waals surface area contributed by atoms with Crippen LogP contribution >= 0.6 is 0 Å². The second kappa shape index (κ2) is 4.52. The van der Waals surface area contributed by atoms with E-state index in [0.29, 0.717) is 5.92 Å². The van der Waals surface area contributed by atoms with Gasteiger partial charge in [-0.15, -0.1) is 0 Å². The molecule has 1 heterocycles. The van der Waals surface area contributed by atoms with E-state index in [1.54, 1.807) is 0 Å². The molecule has 1 aliphatic rings. The van der Waals surface area contributed by atoms with Crippen LogP contribution in [0.5, 0.6) is 0 Å². The molecule has 2 atom stereocenters. The molecular weight excluding hydrogens is 188 g/mol. The molecule has 3 heteroatoms. The van der Waals surface area contributed by atoms with Gasteiger partial charge in [-0.3, -0.25) is 4.79 Å². The number of hydrogen-bond acceptors (Lipinski definition) is 2. The first-order valence-corrected chi connectivity index (χ1v) is 5.90. The molecule has 0 spiro atoms. The first-order chi connectivity index (χ1) is 6.86. The summed E-state index contributed by atoms with van der Waals surface area (Å²) in [6.07, 6.45) is 2.30. The molecule has 0 aromatic heterocycles. The van der Waals surface area contributed by atoms with Crippen LogP contribution in [0.15, 0.2) is 0 Å². The van der Waals surface area contributed by atoms with Crippen molar-refractivity contribution < 1.29 is 4.79 Å². The van der Waals surface area contributed by atoms with Crippen LogP contribution in [0.4, 0.5) is 0 Å². The molecule has 1 unspecified atom stereocenters. The fraction of sp³-hybridized carbons (Fsp3) is 0.917. The zero-order valence-electron chi connectivity index (χ0n) is 10.4. The highest BCUT2D eigenvalue weighted by Crippen LogP contribution is 2.24. The molecule has 0 saturated carbocycles. The number of amides is 1. The van der Waals surface area contributed by atoms with Crippen molar-refractivity contribution in [3.8, 4) is 0 Å². The zero-order chi connectivity index (χ0) is 11.6. The van der Waals surface area contributed by atoms with Gasteiger partial charge in [0.15, 0.2) is 0 Å². The lowest BCUT2D eigenvalue weighted by Crippen LogP contribution is -2.49. The van der Waals surface area contributed by atoms with Crippen LogP contribution in [-0.2, 0) is 4.79 Å². The van der Waals surface area contributed by atoms with E-state index in [1.807, 2.05) is 25.7 Å². The van der Waals surface area contributed by atoms with Crippen LogP contribution in [0.1, 0.15) is 40.5 Å². The molecular formula is C12H24N2O. The Balaban J connectivity index is 2.55. The van der Waals surface area contributed by atoms with E-state index in [1.165, 1.54) is 0 Å². The van der Waals surface area contributed by atoms with Crippen LogP contribution in [0.3, 0.4) is 0 Å². The summed E-state index contributed by atoms with van der Waals surface area (Å²) in [6.45, 7) is 10.0. The highest BCUT2D eigenvalue weighted by molar-refractivity contribution is 5.82. The maximum Gasteiger partial charge on any atom is 0.240 e. The second-order valence-electron chi connectivity index (χ2n) is 5.69. The van der Waals surface area contributed by atoms with Gasteiger partial charge in [0.2, 0.25) is 5.91 Å². The van der Waals surface area contributed by atoms with Gasteiger partial charge in [0.05, 0.1) is 6.04 Å². The molecule has 1 rings (SSSR count). The smallest absolute Gasteiger partial charge is 0.240 e. The predicted molar refractivity (Wildman–Crippen MR) is 62.4 cm³/mol. The molecule has 1 saturated heterocycles. The van der Waals surface area contributed by atoms with Crippen LogP contribution < -0.4 is 5.73 Å². The number of rotatable bonds is 2. The van der Waals surface area contributed by atoms with Crippen LogP contribution in [0.25, 0.3) is 0 Å². The van der Waals surface area contributed by atoms with E-state index >= 15 is 0 Å². The molecule has 0 aromatic carbocycles. The average Bonchev–Trinajstić information content (AvgIpc) is 2.62. The highest BCUT2D eigenvalue weighted by Gasteiger charge is 2.34. The molecule has 88 valence electrons. The predicted octanol–water partition coefficient (Wildman–Crippen LogP) is 1.62. The number of nitrogens with two attached hydrogens (primary N) is 1. The lowest BCUT2D eigenvalue weighted by atomic mass is 9.86. The van der Waals surface area contributed by atoms with E-state index in [-0.39, 0.29) is 17.4 Å². The van der Waals surface area contributed by atoms with Gasteiger partial charge >= 0.3 is 0 Å². The van der Waals surface area contributed by atoms with Gasteiger partial charge < -0.3 is 10.6 Å². The van der Waals surface area contributed by atoms with Crippen molar-refractivity contribution in [1.82, 2.24) is 4.90 Å². The summed E-state index contributed by atoms with van der Waals surface area (Å²) < 4.78 is 0. The van der Waals surface area contributed by atoms with Crippen LogP contribution in [0.2, 0.25) is 0 Å². The van der Waals surface area contributed by atoms with Gasteiger partial charge in [-0.1, -0.05) is 34.1 Å². The van der Waals surface area contributed by atoms with Gasteiger partial charge in [-0.05, 0) is 17.8 Å². The van der Waals surface area contributed by atoms with E-state index in [9.17, 15) is 4.79 Å². The Morgan fingerprint density at radius 2 is 2.13 bits per heavy atom. The van der Waals surface area contributed by atoms with Crippen molar-refractivity contribution >= 4 is 5.91 Å². The Hall–Kier alpha value is -0.570. The van der Waals surface area contributed by atoms with Crippen molar-refractivity contribution in [3.63, 3.8) is 0 Å². The van der Waals surface area contributed by atoms with E-state index < -0.39 is 0 Å². The summed E-state index contributed by atoms with van der Waals surface area (Å²) in [5, 5.41) is 0. The Labute approximate surface area is 93.0 Å². The summed E-state index contributed by atoms with van der Waals surface area (Å²) >= 11 is 0. The third-order valence-electron chi connectivity index (χ3n) is 3.37. The van der Waals surface area contributed by atoms with Crippen molar-refractivity contribution in [3.05, 3.63) is 0 Å². The molecule has 15 heavy (non-hydrogen) atoms. The third kappa shape index (κ3) is 2.94. The van der Waals surface area contributed by atoms with Crippen molar-refractivity contribution in [2.75, 3.05) is 13.1 Å². The Morgan fingerprint density at radius 3 is 2.53 bits per heavy atom. The van der Waals surface area contributed by atoms with E-state index in [4.69, 9.17) is 5.73 Å². The van der Waals surface area contributed by atoms with Crippen molar-refractivity contribution in [2.45, 2.75) is 46.6 Å². The molecule has 0 aliphatic carbocycles. The normalized spacial score (nSPS) is 24.3. The molecule has 1 amide bonds. The van der Waals surface area contributed by atoms with Gasteiger partial charge in [0.25, 0.3) is 0 Å². The Morgan fingerprint density at radius 1 is 1.53 bits per heavy atom. The Bertz CT molecular complexity index is 232. The van der Waals surface area contributed by atoms with Gasteiger partial charge in [-0.2, -0.15) is 0 Å². The molecule has 3 nitrogen and oxygen atoms in total. The van der Waals surface area contributed by atoms with Gasteiger partial charge in [0.1, 0.15) is 0 Å². The van der Waals surface area contributed by atoms with E-state index in [2.05, 4.69) is 6.92 Å². The summed E-state index contributed by atoms with van der Waals surface area (Å²) in [5.41, 5.74) is 5.83. The third-order valence-corrected chi connectivity index (χ3v) is 3.37. The topological polar surface area (TPSA) is 46.3 Å². The molecule has 1 aliphatic heterocycles. The monoisotopic (exact) mass is 212 g/mol. The Kier molecular flexibility index (Phi) is 3.77. The first-order valence-electron chi connectivity index (χ1n) is 5.90. The van der Waals surface area contributed by atoms with Crippen LogP contribution in [0, 0.1) is 11.3 Å². The largest absolute Gasteiger partial charge is 0.341 e. The van der Waals surface area contributed by atoms with Gasteiger partial charge in [0, 0.05) is 13.1 Å². The fourth-order valence-corrected chi connectivity index (χ4v) is 1.93. The summed E-state index contributed by atoms with van der Waals surface area (Å²) in [4.78, 5) is 14.0. The highest BCUT2D eigenvalue weighted by atomic mass is 16.2. The number of carbonyl (C=O) groups is 1. The second-order valence-corrected chi connectivity index (χ2v) is 5.69. The fourth-order valence-electron chi connectivity index (χ4n) is 1.93. The average molecular weight is 212 g/mol. The molecule has 0 aromatic rings. The summed E-state index contributed by atoms with van der Waals surface area (Å²) in [6, 6.07) is -0.367. The number of carbonyl (C=O) groups excluding carboxylic acids is 1. The maximum absolute atomic E-state index is 12.1. The summed E-state index contributed by atoms with van der Waals surface area (Å²) in [7, 11) is 0. The zero-order valence-corrected chi connectivity index (χ0v) is 10.4. The SMILES string of the molecule is CCC1CCN(C(=O)[C@H](N)C(C)(C)C)C1. The van der Waals surface area contributed by atoms with E-state index in [0.717, 1.165) is 25.9 Å². The van der Waals surface area contributed by atoms with Crippen molar-refractivity contribution in [2.24, 2.45) is 17.1 Å². The molecule has 1 fully saturated rings. The van der Waals surface area contributed by atoms with Crippen LogP contribution in [-0.4, -0.2) is 29.9 Å². The number of likely N-dealkylation sites (tertiary alicyclic amines) is 1.